The van der Waals surface area contributed by atoms with E-state index in [0.29, 0.717) is 17.9 Å². The summed E-state index contributed by atoms with van der Waals surface area (Å²) in [7, 11) is 1.88. The van der Waals surface area contributed by atoms with Crippen molar-refractivity contribution in [2.24, 2.45) is 7.05 Å². The van der Waals surface area contributed by atoms with E-state index in [0.717, 1.165) is 17.8 Å². The Morgan fingerprint density at radius 1 is 1.37 bits per heavy atom. The molecule has 3 nitrogen and oxygen atoms in total. The first-order chi connectivity index (χ1) is 9.13. The standard InChI is InChI=1S/C14H16ClFN2O/c1-3-12-7-13(18(2)17-12)9-19-14-5-4-11(16)6-10(14)8-15/h4-7H,3,8-9H2,1-2H3. The van der Waals surface area contributed by atoms with Crippen molar-refractivity contribution in [3.05, 3.63) is 47.0 Å². The lowest BCUT2D eigenvalue weighted by molar-refractivity contribution is 0.292. The van der Waals surface area contributed by atoms with Gasteiger partial charge in [0.1, 0.15) is 18.2 Å². The topological polar surface area (TPSA) is 27.1 Å². The summed E-state index contributed by atoms with van der Waals surface area (Å²) in [4.78, 5) is 0. The fourth-order valence-corrected chi connectivity index (χ4v) is 2.03. The minimum Gasteiger partial charge on any atom is -0.487 e. The Labute approximate surface area is 117 Å². The lowest BCUT2D eigenvalue weighted by Crippen LogP contribution is -2.04. The second kappa shape index (κ2) is 6.06. The third kappa shape index (κ3) is 3.26. The van der Waals surface area contributed by atoms with Crippen LogP contribution < -0.4 is 4.74 Å². The molecule has 2 aromatic rings. The van der Waals surface area contributed by atoms with Crippen molar-refractivity contribution in [1.82, 2.24) is 9.78 Å². The zero-order chi connectivity index (χ0) is 13.8. The zero-order valence-electron chi connectivity index (χ0n) is 11.0. The van der Waals surface area contributed by atoms with E-state index in [4.69, 9.17) is 16.3 Å². The van der Waals surface area contributed by atoms with Crippen molar-refractivity contribution in [1.29, 1.82) is 0 Å². The van der Waals surface area contributed by atoms with E-state index in [9.17, 15) is 4.39 Å². The second-order valence-electron chi connectivity index (χ2n) is 4.28. The second-order valence-corrected chi connectivity index (χ2v) is 4.55. The number of rotatable bonds is 5. The third-order valence-corrected chi connectivity index (χ3v) is 3.22. The van der Waals surface area contributed by atoms with Gasteiger partial charge in [0.2, 0.25) is 0 Å². The van der Waals surface area contributed by atoms with E-state index in [1.807, 2.05) is 13.1 Å². The van der Waals surface area contributed by atoms with Crippen molar-refractivity contribution >= 4 is 11.6 Å². The van der Waals surface area contributed by atoms with Crippen LogP contribution in [0, 0.1) is 5.82 Å². The highest BCUT2D eigenvalue weighted by atomic mass is 35.5. The Balaban J connectivity index is 2.11. The van der Waals surface area contributed by atoms with Gasteiger partial charge < -0.3 is 4.74 Å². The quantitative estimate of drug-likeness (QED) is 0.786. The van der Waals surface area contributed by atoms with Crippen molar-refractivity contribution < 1.29 is 9.13 Å². The molecule has 102 valence electrons. The monoisotopic (exact) mass is 282 g/mol. The Hall–Kier alpha value is -1.55. The van der Waals surface area contributed by atoms with Gasteiger partial charge in [0.05, 0.1) is 17.3 Å². The molecule has 0 amide bonds. The van der Waals surface area contributed by atoms with Gasteiger partial charge in [-0.2, -0.15) is 5.10 Å². The molecule has 0 saturated heterocycles. The van der Waals surface area contributed by atoms with Crippen LogP contribution in [0.4, 0.5) is 4.39 Å². The van der Waals surface area contributed by atoms with Crippen LogP contribution in [0.5, 0.6) is 5.75 Å². The molecular weight excluding hydrogens is 267 g/mol. The number of hydrogen-bond acceptors (Lipinski definition) is 2. The summed E-state index contributed by atoms with van der Waals surface area (Å²) >= 11 is 5.78. The van der Waals surface area contributed by atoms with E-state index < -0.39 is 0 Å². The Bertz CT molecular complexity index is 569. The average molecular weight is 283 g/mol. The normalized spacial score (nSPS) is 10.7. The van der Waals surface area contributed by atoms with Crippen molar-refractivity contribution in [2.75, 3.05) is 0 Å². The summed E-state index contributed by atoms with van der Waals surface area (Å²) in [6, 6.07) is 6.36. The highest BCUT2D eigenvalue weighted by Gasteiger charge is 2.08. The summed E-state index contributed by atoms with van der Waals surface area (Å²) in [5, 5.41) is 4.35. The maximum atomic E-state index is 13.1. The van der Waals surface area contributed by atoms with Crippen LogP contribution in [0.1, 0.15) is 23.9 Å². The molecule has 0 aliphatic carbocycles. The first kappa shape index (κ1) is 13.9. The van der Waals surface area contributed by atoms with Crippen molar-refractivity contribution in [3.63, 3.8) is 0 Å². The number of aryl methyl sites for hydroxylation is 2. The summed E-state index contributed by atoms with van der Waals surface area (Å²) in [5.41, 5.74) is 2.65. The first-order valence-electron chi connectivity index (χ1n) is 6.13. The number of alkyl halides is 1. The highest BCUT2D eigenvalue weighted by molar-refractivity contribution is 6.17. The molecule has 0 N–H and O–H groups in total. The van der Waals surface area contributed by atoms with E-state index in [1.54, 1.807) is 10.7 Å². The molecule has 1 heterocycles. The Morgan fingerprint density at radius 2 is 2.16 bits per heavy atom. The van der Waals surface area contributed by atoms with Crippen LogP contribution in [-0.2, 0) is 26.0 Å². The molecule has 2 rings (SSSR count). The van der Waals surface area contributed by atoms with Crippen LogP contribution in [0.2, 0.25) is 0 Å². The maximum absolute atomic E-state index is 13.1. The van der Waals surface area contributed by atoms with E-state index in [2.05, 4.69) is 12.0 Å². The molecule has 0 atom stereocenters. The predicted molar refractivity (Wildman–Crippen MR) is 72.9 cm³/mol. The van der Waals surface area contributed by atoms with Gasteiger partial charge in [0, 0.05) is 12.6 Å². The van der Waals surface area contributed by atoms with E-state index in [1.165, 1.54) is 12.1 Å². The fourth-order valence-electron chi connectivity index (χ4n) is 1.82. The largest absolute Gasteiger partial charge is 0.487 e. The van der Waals surface area contributed by atoms with Gasteiger partial charge >= 0.3 is 0 Å². The molecule has 0 bridgehead atoms. The van der Waals surface area contributed by atoms with Crippen LogP contribution in [0.15, 0.2) is 24.3 Å². The summed E-state index contributed by atoms with van der Waals surface area (Å²) in [5.74, 6) is 0.519. The number of nitrogens with zero attached hydrogens (tertiary/aromatic N) is 2. The summed E-state index contributed by atoms with van der Waals surface area (Å²) in [6.45, 7) is 2.44. The summed E-state index contributed by atoms with van der Waals surface area (Å²) in [6.07, 6.45) is 0.886. The molecule has 0 saturated carbocycles. The van der Waals surface area contributed by atoms with Crippen molar-refractivity contribution in [3.8, 4) is 5.75 Å². The van der Waals surface area contributed by atoms with Gasteiger partial charge in [-0.05, 0) is 30.7 Å². The lowest BCUT2D eigenvalue weighted by atomic mass is 10.2. The number of benzene rings is 1. The fraction of sp³-hybridized carbons (Fsp3) is 0.357. The van der Waals surface area contributed by atoms with Crippen molar-refractivity contribution in [2.45, 2.75) is 25.8 Å². The van der Waals surface area contributed by atoms with E-state index >= 15 is 0 Å². The molecule has 0 spiro atoms. The first-order valence-corrected chi connectivity index (χ1v) is 6.66. The van der Waals surface area contributed by atoms with Crippen LogP contribution >= 0.6 is 11.6 Å². The maximum Gasteiger partial charge on any atom is 0.130 e. The lowest BCUT2D eigenvalue weighted by Gasteiger charge is -2.10. The smallest absolute Gasteiger partial charge is 0.130 e. The SMILES string of the molecule is CCc1cc(COc2ccc(F)cc2CCl)n(C)n1. The van der Waals surface area contributed by atoms with Crippen LogP contribution in [0.3, 0.4) is 0 Å². The molecular formula is C14H16ClFN2O. The third-order valence-electron chi connectivity index (χ3n) is 2.93. The zero-order valence-corrected chi connectivity index (χ0v) is 11.7. The van der Waals surface area contributed by atoms with Gasteiger partial charge in [-0.15, -0.1) is 11.6 Å². The molecule has 19 heavy (non-hydrogen) atoms. The highest BCUT2D eigenvalue weighted by Crippen LogP contribution is 2.22. The molecule has 5 heteroatoms. The van der Waals surface area contributed by atoms with E-state index in [-0.39, 0.29) is 11.7 Å². The average Bonchev–Trinajstić information content (AvgIpc) is 2.78. The summed E-state index contributed by atoms with van der Waals surface area (Å²) < 4.78 is 20.6. The van der Waals surface area contributed by atoms with Crippen LogP contribution in [-0.4, -0.2) is 9.78 Å². The van der Waals surface area contributed by atoms with Gasteiger partial charge in [-0.1, -0.05) is 6.92 Å². The van der Waals surface area contributed by atoms with Crippen LogP contribution in [0.25, 0.3) is 0 Å². The molecule has 1 aromatic heterocycles. The number of hydrogen-bond donors (Lipinski definition) is 0. The number of ether oxygens (including phenoxy) is 1. The minimum absolute atomic E-state index is 0.221. The van der Waals surface area contributed by atoms with Gasteiger partial charge in [0.25, 0.3) is 0 Å². The predicted octanol–water partition coefficient (Wildman–Crippen LogP) is 3.44. The van der Waals surface area contributed by atoms with Gasteiger partial charge in [-0.25, -0.2) is 4.39 Å². The van der Waals surface area contributed by atoms with Gasteiger partial charge in [0.15, 0.2) is 0 Å². The number of aromatic nitrogens is 2. The molecule has 0 radical (unpaired) electrons. The molecule has 1 aromatic carbocycles. The molecule has 0 aliphatic rings. The molecule has 0 unspecified atom stereocenters. The Kier molecular flexibility index (Phi) is 4.43. The Morgan fingerprint density at radius 3 is 2.79 bits per heavy atom. The van der Waals surface area contributed by atoms with Gasteiger partial charge in [-0.3, -0.25) is 4.68 Å². The number of halogens is 2. The minimum atomic E-state index is -0.309. The molecule has 0 fully saturated rings. The molecule has 0 aliphatic heterocycles.